The van der Waals surface area contributed by atoms with Crippen molar-refractivity contribution < 1.29 is 107 Å². The van der Waals surface area contributed by atoms with Crippen LogP contribution in [0.5, 0.6) is 23.0 Å². The maximum absolute atomic E-state index is 12.9. The van der Waals surface area contributed by atoms with E-state index in [0.717, 1.165) is 42.1 Å². The van der Waals surface area contributed by atoms with Crippen LogP contribution in [0, 0.1) is 29.8 Å². The number of hydrogen-bond donors (Lipinski definition) is 11. The normalized spacial score (nSPS) is 10.8. The number of hydrazone groups is 6. The number of nitro groups is 1. The average Bonchev–Trinajstić information content (AvgIpc) is 1.65. The number of nitrogens with one attached hydrogen (secondary N) is 11. The molecular weight excluding hydrogens is 1760 g/mol. The van der Waals surface area contributed by atoms with Crippen molar-refractivity contribution in [2.45, 2.75) is 34.2 Å². The first-order valence-corrected chi connectivity index (χ1v) is 39.9. The summed E-state index contributed by atoms with van der Waals surface area (Å²) in [6, 6.07) is 60.3. The van der Waals surface area contributed by atoms with Crippen LogP contribution in [-0.4, -0.2) is 153 Å². The Kier molecular flexibility index (Phi) is 39.3. The molecule has 0 aliphatic rings. The summed E-state index contributed by atoms with van der Waals surface area (Å²) in [5.74, 6) is 1.75. The lowest BCUT2D eigenvalue weighted by atomic mass is 10.1. The van der Waals surface area contributed by atoms with E-state index in [9.17, 15) is 57.7 Å². The first-order valence-electron chi connectivity index (χ1n) is 39.9. The summed E-state index contributed by atoms with van der Waals surface area (Å²) < 4.78 is 74.4. The Bertz CT molecular complexity index is 6350. The summed E-state index contributed by atoms with van der Waals surface area (Å²) in [5.41, 5.74) is 19.4. The lowest BCUT2D eigenvalue weighted by Crippen LogP contribution is -2.34. The van der Waals surface area contributed by atoms with E-state index in [-0.39, 0.29) is 53.9 Å². The van der Waals surface area contributed by atoms with E-state index in [4.69, 9.17) is 54.3 Å². The van der Waals surface area contributed by atoms with Gasteiger partial charge in [-0.25, -0.2) is 36.9 Å². The van der Waals surface area contributed by atoms with Crippen molar-refractivity contribution >= 4 is 101 Å². The van der Waals surface area contributed by atoms with Gasteiger partial charge in [0.1, 0.15) is 73.9 Å². The highest BCUT2D eigenvalue weighted by atomic mass is 19.1. The first-order chi connectivity index (χ1) is 65.3. The third-order valence-electron chi connectivity index (χ3n) is 17.2. The van der Waals surface area contributed by atoms with E-state index >= 15 is 0 Å². The topological polar surface area (TPSA) is 562 Å². The number of amides is 9. The van der Waals surface area contributed by atoms with Gasteiger partial charge in [-0.1, -0.05) is 42.5 Å². The number of furan rings is 8. The summed E-state index contributed by atoms with van der Waals surface area (Å²) in [6.45, 7) is 7.03. The predicted molar refractivity (Wildman–Crippen MR) is 488 cm³/mol. The maximum atomic E-state index is 12.9. The monoisotopic (exact) mass is 1850 g/mol. The summed E-state index contributed by atoms with van der Waals surface area (Å²) in [5, 5.41) is 50.4. The summed E-state index contributed by atoms with van der Waals surface area (Å²) in [7, 11) is 5.85. The summed E-state index contributed by atoms with van der Waals surface area (Å²) in [4.78, 5) is 116. The fourth-order valence-corrected chi connectivity index (χ4v) is 10.5. The Morgan fingerprint density at radius 1 is 0.430 bits per heavy atom. The first kappa shape index (κ1) is 99.9. The molecule has 0 aliphatic heterocycles. The van der Waals surface area contributed by atoms with Gasteiger partial charge in [0, 0.05) is 40.6 Å². The number of hydrogen-bond acceptors (Lipinski definition) is 31. The van der Waals surface area contributed by atoms with Gasteiger partial charge in [0.2, 0.25) is 5.75 Å². The highest BCUT2D eigenvalue weighted by Crippen LogP contribution is 2.38. The molecule has 9 heterocycles. The van der Waals surface area contributed by atoms with Gasteiger partial charge in [0.05, 0.1) is 110 Å². The minimum Gasteiger partial charge on any atom is -0.497 e. The number of halogens is 1. The molecule has 0 atom stereocenters. The van der Waals surface area contributed by atoms with E-state index in [1.54, 1.807) is 155 Å². The SMILES string of the molecule is C/C(=N\NC(=O)c1cc(-c2ccco2)[nH]n1)c1ccco1.C/C(=N\NC(=O)c1ccco1)c1ccc(C)o1.COc1cc(C(=O)NCC(=O)N/N=C\c2ccc(C)o2)cc(OC)c1OC.COc1cccc(C(=O)NCC(=O)N/N=C/c2ccc([N+](=O)[O-])o2)c1.O=C(CNC(=O)c1cccc(F)c1)N/N=C/c1ccco1.O=C(N/N=C/c1ccco1)c1ccc(NCc2ccccc2)cc1. The third kappa shape index (κ3) is 34.0. The smallest absolute Gasteiger partial charge is 0.433 e. The molecule has 0 unspecified atom stereocenters. The number of benzene rings is 5. The number of ether oxygens (including phenoxy) is 4. The second-order valence-corrected chi connectivity index (χ2v) is 26.9. The van der Waals surface area contributed by atoms with Crippen molar-refractivity contribution in [3.8, 4) is 34.5 Å². The Morgan fingerprint density at radius 2 is 0.941 bits per heavy atom. The molecule has 135 heavy (non-hydrogen) atoms. The minimum atomic E-state index is -0.690. The number of aryl methyl sites for hydroxylation is 2. The van der Waals surface area contributed by atoms with Gasteiger partial charge in [0.25, 0.3) is 47.3 Å². The minimum absolute atomic E-state index is 0.104. The molecule has 9 aromatic heterocycles. The molecule has 696 valence electrons. The molecule has 0 bridgehead atoms. The van der Waals surface area contributed by atoms with Crippen LogP contribution in [0.1, 0.15) is 128 Å². The third-order valence-corrected chi connectivity index (χ3v) is 17.2. The Labute approximate surface area is 766 Å². The van der Waals surface area contributed by atoms with Gasteiger partial charge in [-0.3, -0.25) is 58.4 Å². The number of aromatic amines is 1. The van der Waals surface area contributed by atoms with Crippen LogP contribution >= 0.6 is 0 Å². The number of aromatic nitrogens is 2. The molecule has 11 N–H and O–H groups in total. The van der Waals surface area contributed by atoms with Crippen LogP contribution in [0.3, 0.4) is 0 Å². The zero-order chi connectivity index (χ0) is 96.6. The van der Waals surface area contributed by atoms with Crippen LogP contribution in [0.25, 0.3) is 11.5 Å². The van der Waals surface area contributed by atoms with Crippen LogP contribution in [0.4, 0.5) is 16.0 Å². The number of H-pyrrole nitrogens is 1. The number of nitrogens with zero attached hydrogens (tertiary/aromatic N) is 8. The molecule has 0 radical (unpaired) electrons. The van der Waals surface area contributed by atoms with Gasteiger partial charge < -0.3 is 75.6 Å². The Balaban J connectivity index is 0.000000183. The van der Waals surface area contributed by atoms with Gasteiger partial charge in [-0.05, 0) is 197 Å². The second-order valence-electron chi connectivity index (χ2n) is 26.9. The van der Waals surface area contributed by atoms with Crippen molar-refractivity contribution in [2.75, 3.05) is 53.4 Å². The highest BCUT2D eigenvalue weighted by molar-refractivity contribution is 6.02. The van der Waals surface area contributed by atoms with E-state index in [2.05, 4.69) is 107 Å². The van der Waals surface area contributed by atoms with Crippen molar-refractivity contribution in [1.82, 2.24) is 58.7 Å². The van der Waals surface area contributed by atoms with E-state index < -0.39 is 63.9 Å². The fraction of sp³-hybridized carbons (Fsp3) is 0.130. The lowest BCUT2D eigenvalue weighted by molar-refractivity contribution is -0.402. The highest BCUT2D eigenvalue weighted by Gasteiger charge is 2.20. The molecule has 43 heteroatoms. The fourth-order valence-electron chi connectivity index (χ4n) is 10.5. The van der Waals surface area contributed by atoms with Gasteiger partial charge in [0.15, 0.2) is 34.5 Å². The number of rotatable bonds is 33. The van der Waals surface area contributed by atoms with E-state index in [1.807, 2.05) is 43.3 Å². The molecule has 14 rings (SSSR count). The number of methoxy groups -OCH3 is 4. The largest absolute Gasteiger partial charge is 0.497 e. The molecule has 0 aliphatic carbocycles. The van der Waals surface area contributed by atoms with Crippen molar-refractivity contribution in [3.63, 3.8) is 0 Å². The van der Waals surface area contributed by atoms with Gasteiger partial charge in [-0.2, -0.15) is 35.7 Å². The summed E-state index contributed by atoms with van der Waals surface area (Å²) >= 11 is 0. The molecule has 42 nitrogen and oxygen atoms in total. The molecule has 0 spiro atoms. The van der Waals surface area contributed by atoms with E-state index in [0.29, 0.717) is 85.8 Å². The molecule has 9 amide bonds. The second kappa shape index (κ2) is 53.1. The van der Waals surface area contributed by atoms with E-state index in [1.165, 1.54) is 108 Å². The van der Waals surface area contributed by atoms with Crippen LogP contribution in [-0.2, 0) is 20.9 Å². The van der Waals surface area contributed by atoms with Crippen LogP contribution < -0.4 is 72.8 Å². The van der Waals surface area contributed by atoms with Crippen LogP contribution in [0.2, 0.25) is 0 Å². The lowest BCUT2D eigenvalue weighted by Gasteiger charge is -2.13. The number of anilines is 1. The number of carbonyl (C=O) groups excluding carboxylic acids is 9. The standard InChI is InChI=1S/C19H17N3O2.C18H21N3O6.C15H14N4O6.C14H12FN3O3.C14H12N4O3.C12H12N2O3/c23-19(22-21-14-18-7-4-12-24-18)16-8-10-17(11-9-16)20-13-15-5-2-1-3-6-15;1-11-5-6-13(27-11)9-20-21-16(22)10-19-18(23)12-7-14(24-2)17(26-4)15(8-12)25-3;1-24-11-4-2-3-10(7-11)15(21)16-9-13(20)18-17-8-12-5-6-14(25-12)19(22)23;15-11-4-1-3-10(7-11)14(20)16-9-13(19)18-17-8-12-5-2-6-21-12;1-9(12-4-2-6-20-12)15-18-14(19)11-8-10(16-17-11)13-5-3-7-21-13;1-8-5-6-10(17-8)9(2)13-14-12(15)11-4-3-7-16-11/h1-12,14,20H,13H2,(H,22,23);5-9H,10H2,1-4H3,(H,19,23)(H,21,22);2-8H,9H2,1H3,(H,16,21)(H,18,20);1-8H,9H2,(H,16,20)(H,18,19);2-8H,1H3,(H,16,17)(H,18,19);3-7H,1-2H3,(H,14,15)/b21-14+;20-9-;2*17-8+;15-9+;13-9+. The van der Waals surface area contributed by atoms with Crippen molar-refractivity contribution in [2.24, 2.45) is 30.6 Å². The van der Waals surface area contributed by atoms with Crippen LogP contribution in [0.15, 0.2) is 316 Å². The summed E-state index contributed by atoms with van der Waals surface area (Å²) in [6.07, 6.45) is 12.8. The zero-order valence-corrected chi connectivity index (χ0v) is 73.2. The van der Waals surface area contributed by atoms with Gasteiger partial charge in [-0.15, -0.1) is 0 Å². The molecule has 0 saturated carbocycles. The number of carbonyl (C=O) groups is 9. The Hall–Kier alpha value is -18.9. The molecule has 0 saturated heterocycles. The maximum Gasteiger partial charge on any atom is 0.433 e. The quantitative estimate of drug-likeness (QED) is 0.0103. The molecular formula is C92H88FN19O23. The molecule has 14 aromatic rings. The average molecular weight is 1850 g/mol. The van der Waals surface area contributed by atoms with Crippen molar-refractivity contribution in [1.29, 1.82) is 0 Å². The predicted octanol–water partition coefficient (Wildman–Crippen LogP) is 12.3. The van der Waals surface area contributed by atoms with Crippen molar-refractivity contribution in [3.05, 3.63) is 351 Å². The zero-order valence-electron chi connectivity index (χ0n) is 73.2. The van der Waals surface area contributed by atoms with Gasteiger partial charge >= 0.3 is 11.8 Å². The molecule has 0 fully saturated rings. The Morgan fingerprint density at radius 3 is 1.45 bits per heavy atom. The molecule has 5 aromatic carbocycles.